The molecule has 0 fully saturated rings. The molecule has 0 saturated carbocycles. The lowest BCUT2D eigenvalue weighted by molar-refractivity contribution is 0.669. The summed E-state index contributed by atoms with van der Waals surface area (Å²) in [5, 5.41) is 4.48. The highest BCUT2D eigenvalue weighted by Crippen LogP contribution is 2.36. The van der Waals surface area contributed by atoms with Gasteiger partial charge in [0.1, 0.15) is 11.2 Å². The molecule has 0 aliphatic carbocycles. The second-order valence-corrected chi connectivity index (χ2v) is 13.3. The molecule has 10 aromatic rings. The molecule has 0 atom stereocenters. The quantitative estimate of drug-likeness (QED) is 0.176. The van der Waals surface area contributed by atoms with Crippen molar-refractivity contribution in [3.05, 3.63) is 188 Å². The molecule has 248 valence electrons. The van der Waals surface area contributed by atoms with Crippen LogP contribution >= 0.6 is 0 Å². The molecule has 10 rings (SSSR count). The van der Waals surface area contributed by atoms with Crippen LogP contribution < -0.4 is 0 Å². The van der Waals surface area contributed by atoms with Gasteiger partial charge in [-0.15, -0.1) is 0 Å². The molecule has 53 heavy (non-hydrogen) atoms. The molecule has 8 aromatic carbocycles. The minimum Gasteiger partial charge on any atom is -0.456 e. The SMILES string of the molecule is c1ccc(-c2cccc(-c3ccc4c(c3)oc3cc(-c5ccc6cc(-c7nc(-c8ccccc8)nc(-c8ccccc8)n7)ccc6c5)ccc34)c2)cc1. The molecule has 2 heterocycles. The average molecular weight is 678 g/mol. The second kappa shape index (κ2) is 12.9. The van der Waals surface area contributed by atoms with Crippen LogP contribution in [0.1, 0.15) is 0 Å². The topological polar surface area (TPSA) is 51.8 Å². The zero-order chi connectivity index (χ0) is 35.1. The summed E-state index contributed by atoms with van der Waals surface area (Å²) >= 11 is 0. The molecule has 0 amide bonds. The lowest BCUT2D eigenvalue weighted by atomic mass is 9.97. The van der Waals surface area contributed by atoms with Gasteiger partial charge in [-0.3, -0.25) is 0 Å². The number of fused-ring (bicyclic) bond motifs is 4. The highest BCUT2D eigenvalue weighted by Gasteiger charge is 2.14. The largest absolute Gasteiger partial charge is 0.456 e. The fourth-order valence-electron chi connectivity index (χ4n) is 7.15. The Hall–Kier alpha value is -7.17. The third-order valence-corrected chi connectivity index (χ3v) is 9.91. The van der Waals surface area contributed by atoms with Gasteiger partial charge in [0.05, 0.1) is 0 Å². The molecule has 0 N–H and O–H groups in total. The Morgan fingerprint density at radius 2 is 0.642 bits per heavy atom. The van der Waals surface area contributed by atoms with Crippen molar-refractivity contribution in [1.82, 2.24) is 15.0 Å². The first-order valence-corrected chi connectivity index (χ1v) is 17.8. The maximum absolute atomic E-state index is 6.51. The summed E-state index contributed by atoms with van der Waals surface area (Å²) in [6, 6.07) is 65.3. The van der Waals surface area contributed by atoms with Crippen molar-refractivity contribution in [2.75, 3.05) is 0 Å². The van der Waals surface area contributed by atoms with Gasteiger partial charge in [-0.2, -0.15) is 0 Å². The number of hydrogen-bond donors (Lipinski definition) is 0. The van der Waals surface area contributed by atoms with E-state index in [1.807, 2.05) is 66.7 Å². The second-order valence-electron chi connectivity index (χ2n) is 13.3. The number of furan rings is 1. The van der Waals surface area contributed by atoms with Crippen LogP contribution in [0.4, 0.5) is 0 Å². The third-order valence-electron chi connectivity index (χ3n) is 9.91. The molecular weight excluding hydrogens is 647 g/mol. The van der Waals surface area contributed by atoms with Crippen LogP contribution in [0.2, 0.25) is 0 Å². The maximum atomic E-state index is 6.51. The van der Waals surface area contributed by atoms with E-state index in [0.717, 1.165) is 71.7 Å². The Balaban J connectivity index is 0.978. The summed E-state index contributed by atoms with van der Waals surface area (Å²) in [6.45, 7) is 0. The lowest BCUT2D eigenvalue weighted by Crippen LogP contribution is -2.00. The van der Waals surface area contributed by atoms with Crippen molar-refractivity contribution in [3.8, 4) is 67.5 Å². The highest BCUT2D eigenvalue weighted by molar-refractivity contribution is 6.07. The summed E-state index contributed by atoms with van der Waals surface area (Å²) in [6.07, 6.45) is 0. The molecule has 4 nitrogen and oxygen atoms in total. The summed E-state index contributed by atoms with van der Waals surface area (Å²) in [4.78, 5) is 14.7. The number of rotatable bonds is 6. The first-order valence-electron chi connectivity index (χ1n) is 17.8. The Bertz CT molecular complexity index is 2880. The summed E-state index contributed by atoms with van der Waals surface area (Å²) in [5.41, 5.74) is 11.5. The molecule has 2 aromatic heterocycles. The first-order chi connectivity index (χ1) is 26.2. The Morgan fingerprint density at radius 3 is 1.19 bits per heavy atom. The summed E-state index contributed by atoms with van der Waals surface area (Å²) in [7, 11) is 0. The summed E-state index contributed by atoms with van der Waals surface area (Å²) < 4.78 is 6.51. The highest BCUT2D eigenvalue weighted by atomic mass is 16.3. The van der Waals surface area contributed by atoms with Gasteiger partial charge >= 0.3 is 0 Å². The van der Waals surface area contributed by atoms with Gasteiger partial charge in [0, 0.05) is 27.5 Å². The van der Waals surface area contributed by atoms with Gasteiger partial charge < -0.3 is 4.42 Å². The molecule has 0 radical (unpaired) electrons. The fraction of sp³-hybridized carbons (Fsp3) is 0. The van der Waals surface area contributed by atoms with E-state index in [4.69, 9.17) is 19.4 Å². The molecule has 0 saturated heterocycles. The number of nitrogens with zero attached hydrogens (tertiary/aromatic N) is 3. The minimum absolute atomic E-state index is 0.645. The average Bonchev–Trinajstić information content (AvgIpc) is 3.61. The third kappa shape index (κ3) is 5.82. The van der Waals surface area contributed by atoms with Crippen molar-refractivity contribution >= 4 is 32.7 Å². The molecule has 0 spiro atoms. The van der Waals surface area contributed by atoms with Gasteiger partial charge in [0.25, 0.3) is 0 Å². The van der Waals surface area contributed by atoms with Gasteiger partial charge in [-0.1, -0.05) is 146 Å². The van der Waals surface area contributed by atoms with Crippen LogP contribution in [0.3, 0.4) is 0 Å². The predicted octanol–water partition coefficient (Wildman–Crippen LogP) is 12.9. The Labute approximate surface area is 306 Å². The van der Waals surface area contributed by atoms with Crippen LogP contribution in [0.5, 0.6) is 0 Å². The van der Waals surface area contributed by atoms with E-state index in [0.29, 0.717) is 17.5 Å². The van der Waals surface area contributed by atoms with E-state index in [1.54, 1.807) is 0 Å². The molecular formula is C49H31N3O. The van der Waals surface area contributed by atoms with Gasteiger partial charge in [0.2, 0.25) is 0 Å². The van der Waals surface area contributed by atoms with E-state index in [-0.39, 0.29) is 0 Å². The Kier molecular flexibility index (Phi) is 7.43. The number of aromatic nitrogens is 3. The van der Waals surface area contributed by atoms with Crippen LogP contribution in [0.25, 0.3) is 100 Å². The maximum Gasteiger partial charge on any atom is 0.164 e. The van der Waals surface area contributed by atoms with E-state index in [2.05, 4.69) is 121 Å². The van der Waals surface area contributed by atoms with Crippen molar-refractivity contribution in [1.29, 1.82) is 0 Å². The standard InChI is InChI=1S/C49H31N3O/c1-4-11-32(12-5-1)35-17-10-18-36(27-35)40-23-25-43-44-26-24-41(31-46(44)53-45(43)30-40)38-19-20-39-29-42(22-21-37(39)28-38)49-51-47(33-13-6-2-7-14-33)50-48(52-49)34-15-8-3-9-16-34/h1-31H. The smallest absolute Gasteiger partial charge is 0.164 e. The van der Waals surface area contributed by atoms with E-state index >= 15 is 0 Å². The number of hydrogen-bond acceptors (Lipinski definition) is 4. The first kappa shape index (κ1) is 30.6. The van der Waals surface area contributed by atoms with Crippen LogP contribution in [-0.2, 0) is 0 Å². The zero-order valence-electron chi connectivity index (χ0n) is 28.6. The van der Waals surface area contributed by atoms with Crippen molar-refractivity contribution in [2.24, 2.45) is 0 Å². The van der Waals surface area contributed by atoms with Crippen molar-refractivity contribution < 1.29 is 4.42 Å². The van der Waals surface area contributed by atoms with Crippen LogP contribution in [0.15, 0.2) is 192 Å². The fourth-order valence-corrected chi connectivity index (χ4v) is 7.15. The monoisotopic (exact) mass is 677 g/mol. The molecule has 0 aliphatic rings. The predicted molar refractivity (Wildman–Crippen MR) is 217 cm³/mol. The molecule has 0 aliphatic heterocycles. The Morgan fingerprint density at radius 1 is 0.264 bits per heavy atom. The van der Waals surface area contributed by atoms with Crippen molar-refractivity contribution in [2.45, 2.75) is 0 Å². The van der Waals surface area contributed by atoms with Crippen LogP contribution in [0, 0.1) is 0 Å². The zero-order valence-corrected chi connectivity index (χ0v) is 28.6. The lowest BCUT2D eigenvalue weighted by Gasteiger charge is -2.10. The van der Waals surface area contributed by atoms with Crippen molar-refractivity contribution in [3.63, 3.8) is 0 Å². The molecule has 0 unspecified atom stereocenters. The van der Waals surface area contributed by atoms with E-state index in [1.165, 1.54) is 11.1 Å². The van der Waals surface area contributed by atoms with E-state index < -0.39 is 0 Å². The number of benzene rings is 8. The molecule has 4 heteroatoms. The van der Waals surface area contributed by atoms with Crippen LogP contribution in [-0.4, -0.2) is 15.0 Å². The van der Waals surface area contributed by atoms with Gasteiger partial charge in [0.15, 0.2) is 17.5 Å². The van der Waals surface area contributed by atoms with Gasteiger partial charge in [-0.25, -0.2) is 15.0 Å². The molecule has 0 bridgehead atoms. The van der Waals surface area contributed by atoms with E-state index in [9.17, 15) is 0 Å². The normalized spacial score (nSPS) is 11.4. The minimum atomic E-state index is 0.645. The summed E-state index contributed by atoms with van der Waals surface area (Å²) in [5.74, 6) is 1.95. The van der Waals surface area contributed by atoms with Gasteiger partial charge in [-0.05, 0) is 86.6 Å².